The Bertz CT molecular complexity index is 1680. The summed E-state index contributed by atoms with van der Waals surface area (Å²) in [4.78, 5) is 57.0. The average molecular weight is 565 g/mol. The number of nitrogens with one attached hydrogen (secondary N) is 1. The molecule has 3 amide bonds. The Hall–Kier alpha value is -5.64. The van der Waals surface area contributed by atoms with Gasteiger partial charge in [-0.1, -0.05) is 65.7 Å². The molecule has 6 rings (SSSR count). The number of methoxy groups -OCH3 is 2. The van der Waals surface area contributed by atoms with E-state index >= 15 is 0 Å². The van der Waals surface area contributed by atoms with E-state index in [0.717, 1.165) is 22.3 Å². The zero-order valence-corrected chi connectivity index (χ0v) is 22.6. The summed E-state index contributed by atoms with van der Waals surface area (Å²) >= 11 is 0. The monoisotopic (exact) mass is 564 g/mol. The molecule has 0 saturated heterocycles. The Morgan fingerprint density at radius 2 is 1.24 bits per heavy atom. The molecule has 1 heterocycles. The number of rotatable bonds is 7. The second kappa shape index (κ2) is 10.7. The average Bonchev–Trinajstić information content (AvgIpc) is 3.46. The van der Waals surface area contributed by atoms with Crippen molar-refractivity contribution in [3.05, 3.63) is 113 Å². The van der Waals surface area contributed by atoms with Crippen molar-refractivity contribution in [2.45, 2.75) is 5.92 Å². The van der Waals surface area contributed by atoms with Gasteiger partial charge in [0.25, 0.3) is 11.8 Å². The second-order valence-electron chi connectivity index (χ2n) is 9.53. The highest BCUT2D eigenvalue weighted by Crippen LogP contribution is 2.44. The molecule has 0 spiro atoms. The van der Waals surface area contributed by atoms with Crippen LogP contribution in [0.1, 0.15) is 48.1 Å². The topological polar surface area (TPSA) is 120 Å². The Labute approximate surface area is 240 Å². The predicted octanol–water partition coefficient (Wildman–Crippen LogP) is 5.43. The summed E-state index contributed by atoms with van der Waals surface area (Å²) in [5.41, 5.74) is 4.24. The standard InChI is InChI=1S/C32H24N2O8/c1-39-27-15-24(31(37)42-34-29(35)22-13-7-8-14-23(22)30(34)36)26(16-28(27)40-2)33-32(38)41-17-25-20-11-5-3-9-18(20)19-10-4-6-12-21(19)25/h3-16,25H,17H2,1-2H3,(H,33,38). The largest absolute Gasteiger partial charge is 0.493 e. The molecule has 10 nitrogen and oxygen atoms in total. The minimum atomic E-state index is -1.08. The van der Waals surface area contributed by atoms with Gasteiger partial charge in [0.15, 0.2) is 11.5 Å². The van der Waals surface area contributed by atoms with Crippen LogP contribution in [-0.2, 0) is 9.57 Å². The Balaban J connectivity index is 1.23. The van der Waals surface area contributed by atoms with Gasteiger partial charge in [-0.2, -0.15) is 0 Å². The number of benzene rings is 4. The summed E-state index contributed by atoms with van der Waals surface area (Å²) in [5, 5.41) is 2.96. The number of hydrogen-bond donors (Lipinski definition) is 1. The van der Waals surface area contributed by atoms with Gasteiger partial charge in [-0.15, -0.1) is 0 Å². The summed E-state index contributed by atoms with van der Waals surface area (Å²) < 4.78 is 16.3. The molecule has 0 atom stereocenters. The fourth-order valence-electron chi connectivity index (χ4n) is 5.28. The summed E-state index contributed by atoms with van der Waals surface area (Å²) in [6, 6.07) is 24.6. The van der Waals surface area contributed by atoms with Crippen LogP contribution in [0.25, 0.3) is 11.1 Å². The number of amides is 3. The number of carbonyl (C=O) groups is 4. The molecule has 0 fully saturated rings. The van der Waals surface area contributed by atoms with Gasteiger partial charge in [-0.25, -0.2) is 9.59 Å². The van der Waals surface area contributed by atoms with Crippen molar-refractivity contribution in [2.75, 3.05) is 26.1 Å². The fraction of sp³-hybridized carbons (Fsp3) is 0.125. The third-order valence-corrected chi connectivity index (χ3v) is 7.26. The predicted molar refractivity (Wildman–Crippen MR) is 151 cm³/mol. The maximum absolute atomic E-state index is 13.3. The van der Waals surface area contributed by atoms with Crippen LogP contribution in [0.2, 0.25) is 0 Å². The van der Waals surface area contributed by atoms with Gasteiger partial charge < -0.3 is 19.0 Å². The van der Waals surface area contributed by atoms with Crippen LogP contribution in [0.15, 0.2) is 84.9 Å². The summed E-state index contributed by atoms with van der Waals surface area (Å²) in [7, 11) is 2.77. The molecular formula is C32H24N2O8. The molecule has 4 aromatic carbocycles. The lowest BCUT2D eigenvalue weighted by molar-refractivity contribution is -0.0584. The molecule has 0 bridgehead atoms. The molecular weight excluding hydrogens is 540 g/mol. The van der Waals surface area contributed by atoms with Gasteiger partial charge >= 0.3 is 12.1 Å². The number of anilines is 1. The first-order valence-electron chi connectivity index (χ1n) is 13.0. The summed E-state index contributed by atoms with van der Waals surface area (Å²) in [6.45, 7) is 0.0436. The quantitative estimate of drug-likeness (QED) is 0.295. The molecule has 10 heteroatoms. The molecule has 1 N–H and O–H groups in total. The van der Waals surface area contributed by atoms with Crippen LogP contribution in [0.5, 0.6) is 11.5 Å². The van der Waals surface area contributed by atoms with E-state index in [4.69, 9.17) is 19.0 Å². The van der Waals surface area contributed by atoms with E-state index in [1.165, 1.54) is 38.5 Å². The Morgan fingerprint density at radius 3 is 1.79 bits per heavy atom. The third-order valence-electron chi connectivity index (χ3n) is 7.26. The van der Waals surface area contributed by atoms with Gasteiger partial charge in [0.2, 0.25) is 0 Å². The van der Waals surface area contributed by atoms with E-state index in [2.05, 4.69) is 5.32 Å². The van der Waals surface area contributed by atoms with Crippen LogP contribution in [0, 0.1) is 0 Å². The number of fused-ring (bicyclic) bond motifs is 4. The van der Waals surface area contributed by atoms with E-state index in [1.54, 1.807) is 12.1 Å². The zero-order chi connectivity index (χ0) is 29.4. The second-order valence-corrected chi connectivity index (χ2v) is 9.53. The van der Waals surface area contributed by atoms with E-state index < -0.39 is 23.9 Å². The maximum Gasteiger partial charge on any atom is 0.411 e. The Kier molecular flexibility index (Phi) is 6.79. The van der Waals surface area contributed by atoms with Gasteiger partial charge in [0, 0.05) is 18.1 Å². The molecule has 4 aromatic rings. The third kappa shape index (κ3) is 4.48. The number of carbonyl (C=O) groups excluding carboxylic acids is 4. The van der Waals surface area contributed by atoms with Crippen LogP contribution in [0.3, 0.4) is 0 Å². The SMILES string of the molecule is COc1cc(NC(=O)OCC2c3ccccc3-c3ccccc32)c(C(=O)ON2C(=O)c3ccccc3C2=O)cc1OC. The zero-order valence-electron chi connectivity index (χ0n) is 22.6. The molecule has 42 heavy (non-hydrogen) atoms. The molecule has 210 valence electrons. The van der Waals surface area contributed by atoms with E-state index in [0.29, 0.717) is 5.06 Å². The molecule has 1 aliphatic heterocycles. The van der Waals surface area contributed by atoms with E-state index in [9.17, 15) is 19.2 Å². The van der Waals surface area contributed by atoms with Crippen molar-refractivity contribution in [1.82, 2.24) is 5.06 Å². The highest BCUT2D eigenvalue weighted by Gasteiger charge is 2.39. The maximum atomic E-state index is 13.3. The molecule has 0 saturated carbocycles. The first-order chi connectivity index (χ1) is 20.4. The highest BCUT2D eigenvalue weighted by molar-refractivity contribution is 6.21. The van der Waals surface area contributed by atoms with Gasteiger partial charge in [-0.3, -0.25) is 14.9 Å². The smallest absolute Gasteiger partial charge is 0.411 e. The number of imide groups is 1. The van der Waals surface area contributed by atoms with Crippen molar-refractivity contribution < 1.29 is 38.2 Å². The highest BCUT2D eigenvalue weighted by atomic mass is 16.7. The van der Waals surface area contributed by atoms with Gasteiger partial charge in [-0.05, 0) is 34.4 Å². The Morgan fingerprint density at radius 1 is 0.738 bits per heavy atom. The van der Waals surface area contributed by atoms with Crippen molar-refractivity contribution in [1.29, 1.82) is 0 Å². The van der Waals surface area contributed by atoms with Crippen LogP contribution in [0.4, 0.5) is 10.5 Å². The molecule has 2 aliphatic rings. The fourth-order valence-corrected chi connectivity index (χ4v) is 5.28. The molecule has 0 unspecified atom stereocenters. The lowest BCUT2D eigenvalue weighted by atomic mass is 9.98. The van der Waals surface area contributed by atoms with Crippen molar-refractivity contribution in [2.24, 2.45) is 0 Å². The number of hydrogen-bond acceptors (Lipinski definition) is 8. The first kappa shape index (κ1) is 26.6. The van der Waals surface area contributed by atoms with Crippen LogP contribution >= 0.6 is 0 Å². The number of hydroxylamine groups is 2. The minimum absolute atomic E-state index is 0.0357. The molecule has 1 aliphatic carbocycles. The van der Waals surface area contributed by atoms with Gasteiger partial charge in [0.1, 0.15) is 6.61 Å². The lowest BCUT2D eigenvalue weighted by Crippen LogP contribution is -2.33. The number of nitrogens with zero attached hydrogens (tertiary/aromatic N) is 1. The van der Waals surface area contributed by atoms with E-state index in [-0.39, 0.29) is 46.4 Å². The van der Waals surface area contributed by atoms with Crippen LogP contribution in [-0.4, -0.2) is 49.8 Å². The van der Waals surface area contributed by atoms with Gasteiger partial charge in [0.05, 0.1) is 36.6 Å². The summed E-state index contributed by atoms with van der Waals surface area (Å²) in [6.07, 6.45) is -0.834. The minimum Gasteiger partial charge on any atom is -0.493 e. The number of ether oxygens (including phenoxy) is 3. The van der Waals surface area contributed by atoms with Crippen molar-refractivity contribution in [3.8, 4) is 22.6 Å². The van der Waals surface area contributed by atoms with Crippen molar-refractivity contribution >= 4 is 29.6 Å². The van der Waals surface area contributed by atoms with Crippen molar-refractivity contribution in [3.63, 3.8) is 0 Å². The lowest BCUT2D eigenvalue weighted by Gasteiger charge is -2.18. The molecule has 0 radical (unpaired) electrons. The normalized spacial score (nSPS) is 13.2. The van der Waals surface area contributed by atoms with Crippen LogP contribution < -0.4 is 14.8 Å². The molecule has 0 aromatic heterocycles. The van der Waals surface area contributed by atoms with E-state index in [1.807, 2.05) is 48.5 Å². The summed E-state index contributed by atoms with van der Waals surface area (Å²) in [5.74, 6) is -2.45. The first-order valence-corrected chi connectivity index (χ1v) is 13.0.